The number of aliphatic imine (C=N–C) groups is 1. The Balaban J connectivity index is 0.00000225. The molecule has 6 heteroatoms. The molecule has 1 aliphatic carbocycles. The minimum absolute atomic E-state index is 0. The largest absolute Gasteiger partial charge is 0.379 e. The molecule has 1 saturated heterocycles. The van der Waals surface area contributed by atoms with Crippen LogP contribution in [-0.4, -0.2) is 51.5 Å². The van der Waals surface area contributed by atoms with E-state index in [1.807, 2.05) is 7.05 Å². The van der Waals surface area contributed by atoms with Crippen LogP contribution in [0.25, 0.3) is 0 Å². The van der Waals surface area contributed by atoms with E-state index in [2.05, 4.69) is 46.8 Å². The first-order chi connectivity index (χ1) is 11.8. The van der Waals surface area contributed by atoms with Crippen LogP contribution in [0.4, 0.5) is 0 Å². The van der Waals surface area contributed by atoms with Gasteiger partial charge in [-0.25, -0.2) is 0 Å². The lowest BCUT2D eigenvalue weighted by molar-refractivity contribution is 0.0420. The molecule has 2 aliphatic rings. The number of halogens is 1. The number of aryl methyl sites for hydroxylation is 1. The number of nitrogens with zero attached hydrogens (tertiary/aromatic N) is 1. The maximum atomic E-state index is 5.77. The second-order valence-electron chi connectivity index (χ2n) is 6.66. The summed E-state index contributed by atoms with van der Waals surface area (Å²) in [6.07, 6.45) is 3.47. The van der Waals surface area contributed by atoms with Crippen molar-refractivity contribution in [3.8, 4) is 0 Å². The van der Waals surface area contributed by atoms with Crippen molar-refractivity contribution in [2.45, 2.75) is 44.2 Å². The Morgan fingerprint density at radius 1 is 1.36 bits per heavy atom. The lowest BCUT2D eigenvalue weighted by atomic mass is 10.0. The zero-order valence-corrected chi connectivity index (χ0v) is 17.5. The van der Waals surface area contributed by atoms with Crippen molar-refractivity contribution >= 4 is 29.9 Å². The van der Waals surface area contributed by atoms with Gasteiger partial charge in [0.1, 0.15) is 0 Å². The molecule has 3 unspecified atom stereocenters. The summed E-state index contributed by atoms with van der Waals surface area (Å²) in [6, 6.07) is 9.14. The maximum Gasteiger partial charge on any atom is 0.191 e. The molecule has 0 aromatic heterocycles. The molecule has 3 rings (SSSR count). The maximum absolute atomic E-state index is 5.77. The van der Waals surface area contributed by atoms with Gasteiger partial charge in [-0.2, -0.15) is 0 Å². The number of rotatable bonds is 7. The highest BCUT2D eigenvalue weighted by molar-refractivity contribution is 14.0. The zero-order chi connectivity index (χ0) is 16.8. The van der Waals surface area contributed by atoms with Gasteiger partial charge in [0.15, 0.2) is 5.96 Å². The van der Waals surface area contributed by atoms with Crippen molar-refractivity contribution < 1.29 is 9.47 Å². The molecule has 1 aromatic rings. The number of benzene rings is 1. The highest BCUT2D eigenvalue weighted by atomic mass is 127. The first-order valence-electron chi connectivity index (χ1n) is 9.00. The van der Waals surface area contributed by atoms with Crippen LogP contribution in [0.15, 0.2) is 29.3 Å². The van der Waals surface area contributed by atoms with E-state index >= 15 is 0 Å². The van der Waals surface area contributed by atoms with Crippen LogP contribution in [0.5, 0.6) is 0 Å². The van der Waals surface area contributed by atoms with Crippen LogP contribution in [0.2, 0.25) is 0 Å². The van der Waals surface area contributed by atoms with E-state index in [1.165, 1.54) is 17.5 Å². The molecule has 25 heavy (non-hydrogen) atoms. The molecule has 0 amide bonds. The summed E-state index contributed by atoms with van der Waals surface area (Å²) in [4.78, 5) is 4.33. The van der Waals surface area contributed by atoms with Gasteiger partial charge in [0, 0.05) is 38.8 Å². The standard InChI is InChI=1S/C19H29N3O2.HI/c1-14-6-3-4-7-16(14)17-12-18(17)22-19(20-2)21-9-5-10-24-15-8-11-23-13-15;/h3-4,6-7,15,17-18H,5,8-13H2,1-2H3,(H2,20,21,22);1H. The SMILES string of the molecule is CN=C(NCCCOC1CCOC1)NC1CC1c1ccccc1C.I. The van der Waals surface area contributed by atoms with Crippen molar-refractivity contribution in [2.75, 3.05) is 33.4 Å². The average molecular weight is 459 g/mol. The Bertz CT molecular complexity index is 561. The Morgan fingerprint density at radius 3 is 2.92 bits per heavy atom. The van der Waals surface area contributed by atoms with Gasteiger partial charge < -0.3 is 20.1 Å². The molecule has 1 heterocycles. The molecule has 1 aromatic carbocycles. The van der Waals surface area contributed by atoms with E-state index in [1.54, 1.807) is 0 Å². The molecular weight excluding hydrogens is 429 g/mol. The van der Waals surface area contributed by atoms with Gasteiger partial charge in [0.2, 0.25) is 0 Å². The van der Waals surface area contributed by atoms with Crippen molar-refractivity contribution in [1.29, 1.82) is 0 Å². The van der Waals surface area contributed by atoms with Crippen molar-refractivity contribution in [2.24, 2.45) is 4.99 Å². The molecule has 5 nitrogen and oxygen atoms in total. The molecule has 0 spiro atoms. The summed E-state index contributed by atoms with van der Waals surface area (Å²) in [6.45, 7) is 5.41. The minimum Gasteiger partial charge on any atom is -0.379 e. The van der Waals surface area contributed by atoms with E-state index in [-0.39, 0.29) is 24.0 Å². The monoisotopic (exact) mass is 459 g/mol. The molecule has 0 radical (unpaired) electrons. The number of hydrogen-bond acceptors (Lipinski definition) is 3. The lowest BCUT2D eigenvalue weighted by Crippen LogP contribution is -2.39. The zero-order valence-electron chi connectivity index (χ0n) is 15.2. The first kappa shape index (κ1) is 20.5. The summed E-state index contributed by atoms with van der Waals surface area (Å²) in [7, 11) is 1.83. The third-order valence-corrected chi connectivity index (χ3v) is 4.78. The van der Waals surface area contributed by atoms with Crippen LogP contribution in [0, 0.1) is 6.92 Å². The second-order valence-corrected chi connectivity index (χ2v) is 6.66. The summed E-state index contributed by atoms with van der Waals surface area (Å²) >= 11 is 0. The summed E-state index contributed by atoms with van der Waals surface area (Å²) in [5.41, 5.74) is 2.83. The van der Waals surface area contributed by atoms with Crippen LogP contribution >= 0.6 is 24.0 Å². The molecule has 2 N–H and O–H groups in total. The number of hydrogen-bond donors (Lipinski definition) is 2. The number of nitrogens with one attached hydrogen (secondary N) is 2. The fourth-order valence-electron chi connectivity index (χ4n) is 3.24. The third-order valence-electron chi connectivity index (χ3n) is 4.78. The van der Waals surface area contributed by atoms with Gasteiger partial charge in [0.05, 0.1) is 12.7 Å². The molecule has 1 saturated carbocycles. The summed E-state index contributed by atoms with van der Waals surface area (Å²) in [5, 5.41) is 6.91. The third kappa shape index (κ3) is 6.11. The first-order valence-corrected chi connectivity index (χ1v) is 9.00. The lowest BCUT2D eigenvalue weighted by Gasteiger charge is -2.13. The van der Waals surface area contributed by atoms with Gasteiger partial charge in [-0.3, -0.25) is 4.99 Å². The van der Waals surface area contributed by atoms with E-state index in [9.17, 15) is 0 Å². The van der Waals surface area contributed by atoms with E-state index in [0.29, 0.717) is 18.1 Å². The van der Waals surface area contributed by atoms with E-state index < -0.39 is 0 Å². The van der Waals surface area contributed by atoms with Gasteiger partial charge in [-0.1, -0.05) is 24.3 Å². The minimum atomic E-state index is 0. The Labute approximate surface area is 168 Å². The average Bonchev–Trinajstić information content (AvgIpc) is 3.14. The Hall–Kier alpha value is -0.860. The van der Waals surface area contributed by atoms with Crippen molar-refractivity contribution in [3.05, 3.63) is 35.4 Å². The van der Waals surface area contributed by atoms with Crippen LogP contribution in [0.3, 0.4) is 0 Å². The predicted molar refractivity (Wildman–Crippen MR) is 112 cm³/mol. The van der Waals surface area contributed by atoms with Gasteiger partial charge in [-0.15, -0.1) is 24.0 Å². The number of ether oxygens (including phenoxy) is 2. The van der Waals surface area contributed by atoms with Crippen molar-refractivity contribution in [3.63, 3.8) is 0 Å². The molecule has 0 bridgehead atoms. The molecule has 140 valence electrons. The smallest absolute Gasteiger partial charge is 0.191 e. The van der Waals surface area contributed by atoms with E-state index in [0.717, 1.165) is 45.2 Å². The Kier molecular flexibility index (Phi) is 8.45. The molecule has 1 aliphatic heterocycles. The summed E-state index contributed by atoms with van der Waals surface area (Å²) < 4.78 is 11.1. The van der Waals surface area contributed by atoms with Crippen LogP contribution in [-0.2, 0) is 9.47 Å². The van der Waals surface area contributed by atoms with Gasteiger partial charge in [-0.05, 0) is 37.3 Å². The molecule has 2 fully saturated rings. The highest BCUT2D eigenvalue weighted by Gasteiger charge is 2.39. The number of guanidine groups is 1. The quantitative estimate of drug-likeness (QED) is 0.285. The van der Waals surface area contributed by atoms with E-state index in [4.69, 9.17) is 9.47 Å². The fourth-order valence-corrected chi connectivity index (χ4v) is 3.24. The highest BCUT2D eigenvalue weighted by Crippen LogP contribution is 2.41. The fraction of sp³-hybridized carbons (Fsp3) is 0.632. The van der Waals surface area contributed by atoms with Crippen molar-refractivity contribution in [1.82, 2.24) is 10.6 Å². The van der Waals surface area contributed by atoms with Crippen LogP contribution in [0.1, 0.15) is 36.3 Å². The van der Waals surface area contributed by atoms with Gasteiger partial charge in [0.25, 0.3) is 0 Å². The predicted octanol–water partition coefficient (Wildman–Crippen LogP) is 2.83. The topological polar surface area (TPSA) is 54.9 Å². The molecular formula is C19H30IN3O2. The second kappa shape index (κ2) is 10.3. The normalized spacial score (nSPS) is 25.4. The van der Waals surface area contributed by atoms with Crippen LogP contribution < -0.4 is 10.6 Å². The molecule has 3 atom stereocenters. The Morgan fingerprint density at radius 2 is 2.20 bits per heavy atom. The van der Waals surface area contributed by atoms with Gasteiger partial charge >= 0.3 is 0 Å². The summed E-state index contributed by atoms with van der Waals surface area (Å²) in [5.74, 6) is 1.50.